The second kappa shape index (κ2) is 9.68. The Balaban J connectivity index is 1.41. The molecule has 0 spiro atoms. The van der Waals surface area contributed by atoms with Gasteiger partial charge in [0.1, 0.15) is 17.0 Å². The van der Waals surface area contributed by atoms with Crippen molar-refractivity contribution in [3.05, 3.63) is 54.5 Å². The van der Waals surface area contributed by atoms with Crippen LogP contribution in [0.3, 0.4) is 0 Å². The standard InChI is InChI=1S/C25H31N3O5/c1-3-13-25(23(30)28(24(31)26-25)17-21-10-7-16-32-21)19-11-14-27(15-12-19)22(29)18(2)33-20-8-5-4-6-9-20/h4-10,16,18-19H,3,11-15,17H2,1-2H3,(H,26,31)/t18-,25-/m0/s1. The van der Waals surface area contributed by atoms with Crippen LogP contribution in [0.4, 0.5) is 4.79 Å². The number of hydrogen-bond donors (Lipinski definition) is 1. The first kappa shape index (κ1) is 22.9. The van der Waals surface area contributed by atoms with E-state index in [-0.39, 0.29) is 30.3 Å². The maximum atomic E-state index is 13.5. The summed E-state index contributed by atoms with van der Waals surface area (Å²) in [4.78, 5) is 42.2. The molecule has 4 rings (SSSR count). The van der Waals surface area contributed by atoms with Gasteiger partial charge in [-0.1, -0.05) is 31.5 Å². The molecule has 176 valence electrons. The number of piperidine rings is 1. The smallest absolute Gasteiger partial charge is 0.325 e. The van der Waals surface area contributed by atoms with Gasteiger partial charge in [0.2, 0.25) is 0 Å². The minimum absolute atomic E-state index is 0.0371. The predicted octanol–water partition coefficient (Wildman–Crippen LogP) is 3.58. The van der Waals surface area contributed by atoms with Crippen LogP contribution >= 0.6 is 0 Å². The van der Waals surface area contributed by atoms with Crippen molar-refractivity contribution in [1.29, 1.82) is 0 Å². The van der Waals surface area contributed by atoms with Crippen molar-refractivity contribution >= 4 is 17.8 Å². The van der Waals surface area contributed by atoms with Crippen molar-refractivity contribution in [2.75, 3.05) is 13.1 Å². The van der Waals surface area contributed by atoms with Gasteiger partial charge in [0.25, 0.3) is 11.8 Å². The molecule has 8 heteroatoms. The number of para-hydroxylation sites is 1. The second-order valence-corrected chi connectivity index (χ2v) is 8.79. The number of hydrogen-bond acceptors (Lipinski definition) is 5. The molecule has 1 aromatic carbocycles. The third-order valence-corrected chi connectivity index (χ3v) is 6.65. The molecular formula is C25H31N3O5. The first-order chi connectivity index (χ1) is 15.9. The van der Waals surface area contributed by atoms with Gasteiger partial charge >= 0.3 is 6.03 Å². The van der Waals surface area contributed by atoms with Crippen LogP contribution in [0, 0.1) is 5.92 Å². The van der Waals surface area contributed by atoms with E-state index in [0.717, 1.165) is 6.42 Å². The van der Waals surface area contributed by atoms with Crippen LogP contribution in [0.1, 0.15) is 45.3 Å². The summed E-state index contributed by atoms with van der Waals surface area (Å²) in [5.74, 6) is 0.925. The zero-order valence-electron chi connectivity index (χ0n) is 19.2. The summed E-state index contributed by atoms with van der Waals surface area (Å²) < 4.78 is 11.1. The van der Waals surface area contributed by atoms with Crippen molar-refractivity contribution in [2.45, 2.75) is 57.7 Å². The number of benzene rings is 1. The van der Waals surface area contributed by atoms with Gasteiger partial charge in [-0.3, -0.25) is 14.5 Å². The number of amides is 4. The van der Waals surface area contributed by atoms with E-state index in [1.54, 1.807) is 24.0 Å². The van der Waals surface area contributed by atoms with Crippen molar-refractivity contribution in [3.8, 4) is 5.75 Å². The van der Waals surface area contributed by atoms with Crippen LogP contribution < -0.4 is 10.1 Å². The number of imide groups is 1. The highest BCUT2D eigenvalue weighted by Crippen LogP contribution is 2.37. The first-order valence-electron chi connectivity index (χ1n) is 11.6. The molecule has 1 aromatic heterocycles. The fourth-order valence-electron chi connectivity index (χ4n) is 4.99. The van der Waals surface area contributed by atoms with Gasteiger partial charge in [-0.15, -0.1) is 0 Å². The Labute approximate surface area is 193 Å². The highest BCUT2D eigenvalue weighted by atomic mass is 16.5. The maximum absolute atomic E-state index is 13.5. The quantitative estimate of drug-likeness (QED) is 0.617. The van der Waals surface area contributed by atoms with E-state index in [0.29, 0.717) is 43.9 Å². The second-order valence-electron chi connectivity index (χ2n) is 8.79. The third-order valence-electron chi connectivity index (χ3n) is 6.65. The molecule has 2 aromatic rings. The fourth-order valence-corrected chi connectivity index (χ4v) is 4.99. The number of nitrogens with zero attached hydrogens (tertiary/aromatic N) is 2. The fraction of sp³-hybridized carbons (Fsp3) is 0.480. The minimum Gasteiger partial charge on any atom is -0.481 e. The molecule has 0 radical (unpaired) electrons. The summed E-state index contributed by atoms with van der Waals surface area (Å²) in [6.45, 7) is 4.94. The normalized spacial score (nSPS) is 22.4. The zero-order chi connectivity index (χ0) is 23.4. The highest BCUT2D eigenvalue weighted by molar-refractivity contribution is 6.07. The molecule has 2 saturated heterocycles. The first-order valence-corrected chi connectivity index (χ1v) is 11.6. The average Bonchev–Trinajstić information content (AvgIpc) is 3.42. The highest BCUT2D eigenvalue weighted by Gasteiger charge is 2.55. The van der Waals surface area contributed by atoms with Crippen molar-refractivity contribution < 1.29 is 23.5 Å². The number of likely N-dealkylation sites (tertiary alicyclic amines) is 1. The van der Waals surface area contributed by atoms with E-state index in [1.165, 1.54) is 11.2 Å². The van der Waals surface area contributed by atoms with E-state index in [4.69, 9.17) is 9.15 Å². The van der Waals surface area contributed by atoms with Gasteiger partial charge in [0.05, 0.1) is 12.8 Å². The number of nitrogens with one attached hydrogen (secondary N) is 1. The largest absolute Gasteiger partial charge is 0.481 e. The van der Waals surface area contributed by atoms with Crippen LogP contribution in [-0.4, -0.2) is 52.4 Å². The van der Waals surface area contributed by atoms with Gasteiger partial charge in [-0.2, -0.15) is 0 Å². The Morgan fingerprint density at radius 3 is 2.55 bits per heavy atom. The molecule has 2 fully saturated rings. The van der Waals surface area contributed by atoms with Gasteiger partial charge < -0.3 is 19.4 Å². The lowest BCUT2D eigenvalue weighted by molar-refractivity contribution is -0.141. The molecule has 8 nitrogen and oxygen atoms in total. The number of carbonyl (C=O) groups is 3. The third kappa shape index (κ3) is 4.60. The summed E-state index contributed by atoms with van der Waals surface area (Å²) in [6.07, 6.45) is 3.56. The molecule has 33 heavy (non-hydrogen) atoms. The summed E-state index contributed by atoms with van der Waals surface area (Å²) >= 11 is 0. The van der Waals surface area contributed by atoms with Crippen molar-refractivity contribution in [3.63, 3.8) is 0 Å². The zero-order valence-corrected chi connectivity index (χ0v) is 19.2. The van der Waals surface area contributed by atoms with Crippen molar-refractivity contribution in [2.24, 2.45) is 5.92 Å². The number of carbonyl (C=O) groups excluding carboxylic acids is 3. The van der Waals surface area contributed by atoms with Crippen molar-refractivity contribution in [1.82, 2.24) is 15.1 Å². The number of ether oxygens (including phenoxy) is 1. The SMILES string of the molecule is CCC[C@@]1(C2CCN(C(=O)[C@H](C)Oc3ccccc3)CC2)NC(=O)N(Cc2ccco2)C1=O. The number of rotatable bonds is 8. The lowest BCUT2D eigenvalue weighted by Crippen LogP contribution is -2.57. The molecule has 0 saturated carbocycles. The Kier molecular flexibility index (Phi) is 6.72. The summed E-state index contributed by atoms with van der Waals surface area (Å²) in [5, 5.41) is 3.02. The van der Waals surface area contributed by atoms with Crippen LogP contribution in [-0.2, 0) is 16.1 Å². The lowest BCUT2D eigenvalue weighted by atomic mass is 9.74. The van der Waals surface area contributed by atoms with Crippen LogP contribution in [0.2, 0.25) is 0 Å². The molecule has 2 aliphatic rings. The Morgan fingerprint density at radius 1 is 1.18 bits per heavy atom. The molecular weight excluding hydrogens is 422 g/mol. The minimum atomic E-state index is -0.931. The van der Waals surface area contributed by atoms with Gasteiger partial charge in [-0.05, 0) is 56.4 Å². The van der Waals surface area contributed by atoms with E-state index in [2.05, 4.69) is 5.32 Å². The van der Waals surface area contributed by atoms with E-state index in [9.17, 15) is 14.4 Å². The van der Waals surface area contributed by atoms with Gasteiger partial charge in [0.15, 0.2) is 6.10 Å². The summed E-state index contributed by atoms with van der Waals surface area (Å²) in [5.41, 5.74) is -0.931. The Hall–Kier alpha value is -3.29. The molecule has 2 aliphatic heterocycles. The predicted molar refractivity (Wildman–Crippen MR) is 121 cm³/mol. The molecule has 0 unspecified atom stereocenters. The molecule has 3 heterocycles. The van der Waals surface area contributed by atoms with Gasteiger partial charge in [0, 0.05) is 13.1 Å². The maximum Gasteiger partial charge on any atom is 0.325 e. The molecule has 0 aliphatic carbocycles. The number of urea groups is 1. The van der Waals surface area contributed by atoms with E-state index >= 15 is 0 Å². The molecule has 4 amide bonds. The summed E-state index contributed by atoms with van der Waals surface area (Å²) in [7, 11) is 0. The van der Waals surface area contributed by atoms with Gasteiger partial charge in [-0.25, -0.2) is 4.79 Å². The number of furan rings is 1. The van der Waals surface area contributed by atoms with Crippen LogP contribution in [0.25, 0.3) is 0 Å². The Bertz CT molecular complexity index is 969. The lowest BCUT2D eigenvalue weighted by Gasteiger charge is -2.41. The topological polar surface area (TPSA) is 92.1 Å². The van der Waals surface area contributed by atoms with E-state index in [1.807, 2.05) is 37.3 Å². The summed E-state index contributed by atoms with van der Waals surface area (Å²) in [6, 6.07) is 12.4. The van der Waals surface area contributed by atoms with Crippen LogP contribution in [0.15, 0.2) is 53.1 Å². The average molecular weight is 454 g/mol. The monoisotopic (exact) mass is 453 g/mol. The molecule has 0 bridgehead atoms. The van der Waals surface area contributed by atoms with E-state index < -0.39 is 11.6 Å². The molecule has 1 N–H and O–H groups in total. The van der Waals surface area contributed by atoms with Crippen LogP contribution in [0.5, 0.6) is 5.75 Å². The molecule has 2 atom stereocenters. The Morgan fingerprint density at radius 2 is 1.91 bits per heavy atom.